The molecule has 3 atom stereocenters. The van der Waals surface area contributed by atoms with Gasteiger partial charge >= 0.3 is 0 Å². The summed E-state index contributed by atoms with van der Waals surface area (Å²) in [5, 5.41) is 4.68. The lowest BCUT2D eigenvalue weighted by molar-refractivity contribution is 0.363. The lowest BCUT2D eigenvalue weighted by Crippen LogP contribution is -2.24. The molecule has 0 N–H and O–H groups in total. The van der Waals surface area contributed by atoms with Crippen LogP contribution in [0.3, 0.4) is 0 Å². The quantitative estimate of drug-likeness (QED) is 0.453. The highest BCUT2D eigenvalue weighted by atomic mass is 35.5. The molecule has 5 heterocycles. The number of hydrogen-bond acceptors (Lipinski definition) is 8. The number of piperidine rings is 1. The zero-order valence-electron chi connectivity index (χ0n) is 16.0. The van der Waals surface area contributed by atoms with Gasteiger partial charge in [-0.1, -0.05) is 16.8 Å². The van der Waals surface area contributed by atoms with E-state index in [1.165, 1.54) is 10.9 Å². The van der Waals surface area contributed by atoms with Crippen LogP contribution in [0.4, 0.5) is 5.69 Å². The van der Waals surface area contributed by atoms with E-state index in [4.69, 9.17) is 16.1 Å². The van der Waals surface area contributed by atoms with Gasteiger partial charge in [-0.25, -0.2) is 15.0 Å². The first-order valence-electron chi connectivity index (χ1n) is 9.64. The molecule has 1 saturated carbocycles. The third kappa shape index (κ3) is 2.71. The zero-order chi connectivity index (χ0) is 20.4. The van der Waals surface area contributed by atoms with Gasteiger partial charge < -0.3 is 14.0 Å². The van der Waals surface area contributed by atoms with E-state index in [9.17, 15) is 4.79 Å². The summed E-state index contributed by atoms with van der Waals surface area (Å²) < 4.78 is 8.55. The molecule has 0 spiro atoms. The number of rotatable bonds is 4. The van der Waals surface area contributed by atoms with Crippen LogP contribution in [0.25, 0.3) is 11.2 Å². The van der Waals surface area contributed by atoms with Gasteiger partial charge in [-0.05, 0) is 24.0 Å². The van der Waals surface area contributed by atoms with Crippen molar-refractivity contribution < 1.29 is 4.52 Å². The summed E-state index contributed by atoms with van der Waals surface area (Å²) in [5.41, 5.74) is 1.77. The number of hydrogen-bond donors (Lipinski definition) is 0. The van der Waals surface area contributed by atoms with Gasteiger partial charge in [0.15, 0.2) is 17.0 Å². The summed E-state index contributed by atoms with van der Waals surface area (Å²) >= 11 is 5.87. The van der Waals surface area contributed by atoms with Crippen LogP contribution in [-0.4, -0.2) is 47.3 Å². The van der Waals surface area contributed by atoms with E-state index in [0.29, 0.717) is 40.0 Å². The van der Waals surface area contributed by atoms with E-state index < -0.39 is 0 Å². The second kappa shape index (κ2) is 6.36. The van der Waals surface area contributed by atoms with Gasteiger partial charge in [-0.2, -0.15) is 4.98 Å². The summed E-state index contributed by atoms with van der Waals surface area (Å²) in [5.74, 6) is 2.42. The number of anilines is 1. The Hall–Kier alpha value is -3.27. The minimum atomic E-state index is -0.185. The Morgan fingerprint density at radius 3 is 2.73 bits per heavy atom. The van der Waals surface area contributed by atoms with Crippen LogP contribution in [0.5, 0.6) is 0 Å². The summed E-state index contributed by atoms with van der Waals surface area (Å²) in [6.07, 6.45) is 4.84. The predicted octanol–water partition coefficient (Wildman–Crippen LogP) is 1.46. The molecule has 11 heteroatoms. The molecule has 6 rings (SSSR count). The van der Waals surface area contributed by atoms with Crippen molar-refractivity contribution in [2.75, 3.05) is 18.0 Å². The van der Waals surface area contributed by atoms with Crippen LogP contribution >= 0.6 is 11.6 Å². The van der Waals surface area contributed by atoms with Crippen molar-refractivity contribution in [3.05, 3.63) is 58.2 Å². The van der Waals surface area contributed by atoms with E-state index in [-0.39, 0.29) is 12.1 Å². The second-order valence-electron chi connectivity index (χ2n) is 7.85. The highest BCUT2D eigenvalue weighted by Crippen LogP contribution is 2.57. The van der Waals surface area contributed by atoms with E-state index in [1.54, 1.807) is 24.1 Å². The van der Waals surface area contributed by atoms with Gasteiger partial charge in [-0.3, -0.25) is 9.36 Å². The van der Waals surface area contributed by atoms with Crippen molar-refractivity contribution in [1.29, 1.82) is 0 Å². The molecule has 1 saturated heterocycles. The molecule has 0 unspecified atom stereocenters. The molecule has 2 aliphatic rings. The summed E-state index contributed by atoms with van der Waals surface area (Å²) in [7, 11) is 1.77. The normalized spacial score (nSPS) is 22.6. The molecule has 30 heavy (non-hydrogen) atoms. The van der Waals surface area contributed by atoms with Crippen molar-refractivity contribution >= 4 is 28.5 Å². The van der Waals surface area contributed by atoms with Crippen LogP contribution in [-0.2, 0) is 13.6 Å². The molecule has 1 aliphatic heterocycles. The Balaban J connectivity index is 1.16. The Morgan fingerprint density at radius 2 is 1.97 bits per heavy atom. The minimum Gasteiger partial charge on any atom is -0.370 e. The van der Waals surface area contributed by atoms with Crippen LogP contribution < -0.4 is 10.5 Å². The monoisotopic (exact) mass is 424 g/mol. The van der Waals surface area contributed by atoms with E-state index >= 15 is 0 Å². The molecule has 0 bridgehead atoms. The highest BCUT2D eigenvalue weighted by molar-refractivity contribution is 6.29. The lowest BCUT2D eigenvalue weighted by Gasteiger charge is -2.20. The van der Waals surface area contributed by atoms with Crippen molar-refractivity contribution in [3.63, 3.8) is 0 Å². The minimum absolute atomic E-state index is 0.185. The van der Waals surface area contributed by atoms with Crippen molar-refractivity contribution in [2.24, 2.45) is 18.9 Å². The molecule has 4 aromatic heterocycles. The Kier molecular flexibility index (Phi) is 3.73. The van der Waals surface area contributed by atoms with Gasteiger partial charge in [0, 0.05) is 26.1 Å². The molecule has 2 fully saturated rings. The van der Waals surface area contributed by atoms with Crippen LogP contribution in [0.15, 0.2) is 40.3 Å². The molecule has 0 radical (unpaired) electrons. The molecule has 4 aromatic rings. The Labute approximate surface area is 175 Å². The molecular formula is C19H17ClN8O2. The summed E-state index contributed by atoms with van der Waals surface area (Å²) in [6, 6.07) is 3.80. The van der Waals surface area contributed by atoms with Gasteiger partial charge in [0.1, 0.15) is 18.0 Å². The third-order valence-electron chi connectivity index (χ3n) is 6.06. The first-order chi connectivity index (χ1) is 14.6. The standard InChI is InChI=1S/C19H17ClN8O2/c1-26-8-22-18-16(26)19(29)28(9-23-18)7-14-24-17(25-30-14)15-11-5-27(6-12(11)15)10-2-3-13(20)21-4-10/h2-4,8-9,11-12,15H,5-7H2,1H3/t11-,12+,15+. The van der Waals surface area contributed by atoms with Gasteiger partial charge in [0.05, 0.1) is 18.2 Å². The fourth-order valence-electron chi connectivity index (χ4n) is 4.47. The number of aromatic nitrogens is 7. The molecule has 0 amide bonds. The molecular weight excluding hydrogens is 408 g/mol. The van der Waals surface area contributed by atoms with E-state index in [2.05, 4.69) is 30.0 Å². The summed E-state index contributed by atoms with van der Waals surface area (Å²) in [4.78, 5) is 32.0. The number of fused-ring (bicyclic) bond motifs is 2. The molecule has 0 aromatic carbocycles. The largest absolute Gasteiger partial charge is 0.370 e. The number of aryl methyl sites for hydroxylation is 1. The maximum atomic E-state index is 12.7. The average Bonchev–Trinajstić information content (AvgIpc) is 3.16. The smallest absolute Gasteiger partial charge is 0.280 e. The van der Waals surface area contributed by atoms with Crippen molar-refractivity contribution in [1.82, 2.24) is 34.2 Å². The predicted molar refractivity (Wildman–Crippen MR) is 107 cm³/mol. The lowest BCUT2D eigenvalue weighted by atomic mass is 10.2. The maximum Gasteiger partial charge on any atom is 0.280 e. The molecule has 10 nitrogen and oxygen atoms in total. The molecule has 152 valence electrons. The van der Waals surface area contributed by atoms with Crippen LogP contribution in [0.1, 0.15) is 17.6 Å². The average molecular weight is 425 g/mol. The van der Waals surface area contributed by atoms with E-state index in [0.717, 1.165) is 24.6 Å². The number of imidazole rings is 1. The fourth-order valence-corrected chi connectivity index (χ4v) is 4.58. The molecule has 1 aliphatic carbocycles. The Bertz CT molecular complexity index is 1300. The first-order valence-corrected chi connectivity index (χ1v) is 10.0. The SMILES string of the molecule is Cn1cnc2ncn(Cc3nc([C@H]4[C@@H]5CN(c6ccc(Cl)nc6)C[C@@H]54)no3)c(=O)c21. The summed E-state index contributed by atoms with van der Waals surface area (Å²) in [6.45, 7) is 2.05. The Morgan fingerprint density at radius 1 is 1.17 bits per heavy atom. The zero-order valence-corrected chi connectivity index (χ0v) is 16.8. The highest BCUT2D eigenvalue weighted by Gasteiger charge is 2.58. The fraction of sp³-hybridized carbons (Fsp3) is 0.368. The van der Waals surface area contributed by atoms with Gasteiger partial charge in [0.2, 0.25) is 5.89 Å². The van der Waals surface area contributed by atoms with Gasteiger partial charge in [0.25, 0.3) is 5.56 Å². The van der Waals surface area contributed by atoms with Crippen LogP contribution in [0.2, 0.25) is 5.15 Å². The van der Waals surface area contributed by atoms with Gasteiger partial charge in [-0.15, -0.1) is 0 Å². The second-order valence-corrected chi connectivity index (χ2v) is 8.24. The van der Waals surface area contributed by atoms with E-state index in [1.807, 2.05) is 12.1 Å². The number of halogens is 1. The number of pyridine rings is 1. The van der Waals surface area contributed by atoms with Crippen molar-refractivity contribution in [3.8, 4) is 0 Å². The van der Waals surface area contributed by atoms with Crippen LogP contribution in [0, 0.1) is 11.8 Å². The third-order valence-corrected chi connectivity index (χ3v) is 6.28. The number of nitrogens with zero attached hydrogens (tertiary/aromatic N) is 8. The maximum absolute atomic E-state index is 12.7. The first kappa shape index (κ1) is 17.6. The van der Waals surface area contributed by atoms with Crippen molar-refractivity contribution in [2.45, 2.75) is 12.5 Å². The topological polar surface area (TPSA) is 108 Å².